The Kier molecular flexibility index (Phi) is 5.19. The highest BCUT2D eigenvalue weighted by Crippen LogP contribution is 2.36. The lowest BCUT2D eigenvalue weighted by molar-refractivity contribution is 0.284. The van der Waals surface area contributed by atoms with Gasteiger partial charge >= 0.3 is 0 Å². The molecule has 0 radical (unpaired) electrons. The zero-order valence-electron chi connectivity index (χ0n) is 15.4. The van der Waals surface area contributed by atoms with E-state index in [-0.39, 0.29) is 5.41 Å². The third kappa shape index (κ3) is 4.86. The predicted molar refractivity (Wildman–Crippen MR) is 100 cm³/mol. The molecule has 0 aliphatic heterocycles. The molecule has 0 spiro atoms. The summed E-state index contributed by atoms with van der Waals surface area (Å²) in [5.41, 5.74) is 4.41. The third-order valence-corrected chi connectivity index (χ3v) is 4.14. The van der Waals surface area contributed by atoms with Crippen molar-refractivity contribution in [3.63, 3.8) is 0 Å². The normalized spacial score (nSPS) is 12.3. The van der Waals surface area contributed by atoms with Crippen LogP contribution in [0.2, 0.25) is 0 Å². The summed E-state index contributed by atoms with van der Waals surface area (Å²) in [4.78, 5) is 0. The van der Waals surface area contributed by atoms with Crippen LogP contribution in [0.1, 0.15) is 53.5 Å². The van der Waals surface area contributed by atoms with Crippen molar-refractivity contribution in [2.45, 2.75) is 53.4 Å². The Morgan fingerprint density at radius 1 is 0.739 bits per heavy atom. The minimum atomic E-state index is 0.190. The first-order valence-electron chi connectivity index (χ1n) is 8.55. The van der Waals surface area contributed by atoms with Crippen LogP contribution >= 0.6 is 0 Å². The van der Waals surface area contributed by atoms with Crippen molar-refractivity contribution in [3.05, 3.63) is 54.1 Å². The van der Waals surface area contributed by atoms with E-state index < -0.39 is 0 Å². The summed E-state index contributed by atoms with van der Waals surface area (Å²) in [7, 11) is 0. The third-order valence-electron chi connectivity index (χ3n) is 4.14. The second-order valence-electron chi connectivity index (χ2n) is 8.16. The van der Waals surface area contributed by atoms with Crippen LogP contribution < -0.4 is 4.74 Å². The molecule has 0 aliphatic rings. The van der Waals surface area contributed by atoms with Crippen LogP contribution in [0.3, 0.4) is 0 Å². The van der Waals surface area contributed by atoms with Crippen molar-refractivity contribution in [1.29, 1.82) is 0 Å². The Hall–Kier alpha value is -1.76. The minimum Gasteiger partial charge on any atom is -0.494 e. The molecule has 2 rings (SSSR count). The van der Waals surface area contributed by atoms with Gasteiger partial charge in [0.25, 0.3) is 0 Å². The Bertz CT molecular complexity index is 613. The van der Waals surface area contributed by atoms with Gasteiger partial charge in [0.05, 0.1) is 6.61 Å². The van der Waals surface area contributed by atoms with E-state index in [1.54, 1.807) is 0 Å². The van der Waals surface area contributed by atoms with Crippen molar-refractivity contribution < 1.29 is 4.74 Å². The van der Waals surface area contributed by atoms with Crippen LogP contribution in [-0.2, 0) is 5.41 Å². The van der Waals surface area contributed by atoms with E-state index in [2.05, 4.69) is 71.0 Å². The number of rotatable bonds is 5. The highest BCUT2D eigenvalue weighted by atomic mass is 16.5. The molecule has 0 saturated carbocycles. The predicted octanol–water partition coefficient (Wildman–Crippen LogP) is 6.47. The van der Waals surface area contributed by atoms with Gasteiger partial charge in [-0.3, -0.25) is 0 Å². The van der Waals surface area contributed by atoms with E-state index in [1.807, 2.05) is 19.1 Å². The minimum absolute atomic E-state index is 0.190. The van der Waals surface area contributed by atoms with E-state index >= 15 is 0 Å². The van der Waals surface area contributed by atoms with Crippen molar-refractivity contribution in [3.8, 4) is 16.9 Å². The van der Waals surface area contributed by atoms with Gasteiger partial charge in [-0.15, -0.1) is 0 Å². The first-order valence-corrected chi connectivity index (χ1v) is 8.55. The lowest BCUT2D eigenvalue weighted by Gasteiger charge is -2.33. The summed E-state index contributed by atoms with van der Waals surface area (Å²) in [5.74, 6) is 0.930. The molecular formula is C22H30O. The molecule has 0 heterocycles. The van der Waals surface area contributed by atoms with Crippen LogP contribution in [-0.4, -0.2) is 6.61 Å². The summed E-state index contributed by atoms with van der Waals surface area (Å²) < 4.78 is 5.51. The maximum absolute atomic E-state index is 5.51. The average Bonchev–Trinajstić information content (AvgIpc) is 2.46. The second kappa shape index (κ2) is 6.78. The molecule has 0 N–H and O–H groups in total. The maximum Gasteiger partial charge on any atom is 0.119 e. The van der Waals surface area contributed by atoms with Gasteiger partial charge < -0.3 is 4.74 Å². The Morgan fingerprint density at radius 3 is 1.65 bits per heavy atom. The fourth-order valence-electron chi connectivity index (χ4n) is 3.45. The van der Waals surface area contributed by atoms with E-state index in [1.165, 1.54) is 23.1 Å². The molecule has 0 aliphatic carbocycles. The zero-order valence-corrected chi connectivity index (χ0v) is 15.4. The van der Waals surface area contributed by atoms with E-state index in [0.29, 0.717) is 12.0 Å². The van der Waals surface area contributed by atoms with E-state index in [4.69, 9.17) is 4.74 Å². The van der Waals surface area contributed by atoms with Crippen LogP contribution in [0, 0.1) is 5.41 Å². The molecular weight excluding hydrogens is 280 g/mol. The Labute approximate surface area is 141 Å². The molecule has 0 unspecified atom stereocenters. The standard InChI is InChI=1S/C22H30O/c1-7-23-20-14-10-18(11-15-20)17-8-12-19(13-9-17)22(5,6)16-21(2,3)4/h8-15H,7,16H2,1-6H3. The summed E-state index contributed by atoms with van der Waals surface area (Å²) >= 11 is 0. The quantitative estimate of drug-likeness (QED) is 0.615. The smallest absolute Gasteiger partial charge is 0.119 e. The Balaban J connectivity index is 2.18. The van der Waals surface area contributed by atoms with Gasteiger partial charge in [-0.1, -0.05) is 71.0 Å². The van der Waals surface area contributed by atoms with Crippen molar-refractivity contribution in [1.82, 2.24) is 0 Å². The SMILES string of the molecule is CCOc1ccc(-c2ccc(C(C)(C)CC(C)(C)C)cc2)cc1. The fourth-order valence-corrected chi connectivity index (χ4v) is 3.45. The molecule has 1 nitrogen and oxygen atoms in total. The zero-order chi connectivity index (χ0) is 17.1. The van der Waals surface area contributed by atoms with Gasteiger partial charge in [0.15, 0.2) is 0 Å². The lowest BCUT2D eigenvalue weighted by Crippen LogP contribution is -2.24. The average molecular weight is 310 g/mol. The largest absolute Gasteiger partial charge is 0.494 e. The first-order chi connectivity index (χ1) is 10.7. The second-order valence-corrected chi connectivity index (χ2v) is 8.16. The first kappa shape index (κ1) is 17.6. The molecule has 2 aromatic carbocycles. The van der Waals surface area contributed by atoms with Gasteiger partial charge in [0.1, 0.15) is 5.75 Å². The number of benzene rings is 2. The molecule has 0 bridgehead atoms. The summed E-state index contributed by atoms with van der Waals surface area (Å²) in [6.07, 6.45) is 1.17. The summed E-state index contributed by atoms with van der Waals surface area (Å²) in [6.45, 7) is 14.3. The van der Waals surface area contributed by atoms with Gasteiger partial charge in [-0.05, 0) is 53.0 Å². The molecule has 1 heteroatoms. The Morgan fingerprint density at radius 2 is 1.22 bits per heavy atom. The molecule has 124 valence electrons. The summed E-state index contributed by atoms with van der Waals surface area (Å²) in [5, 5.41) is 0. The number of hydrogen-bond acceptors (Lipinski definition) is 1. The molecule has 0 fully saturated rings. The van der Waals surface area contributed by atoms with E-state index in [0.717, 1.165) is 5.75 Å². The molecule has 0 atom stereocenters. The van der Waals surface area contributed by atoms with Gasteiger partial charge in [-0.25, -0.2) is 0 Å². The molecule has 2 aromatic rings. The lowest BCUT2D eigenvalue weighted by atomic mass is 9.72. The monoisotopic (exact) mass is 310 g/mol. The summed E-state index contributed by atoms with van der Waals surface area (Å²) in [6, 6.07) is 17.3. The highest BCUT2D eigenvalue weighted by Gasteiger charge is 2.27. The maximum atomic E-state index is 5.51. The molecule has 23 heavy (non-hydrogen) atoms. The van der Waals surface area contributed by atoms with Crippen LogP contribution in [0.25, 0.3) is 11.1 Å². The molecule has 0 saturated heterocycles. The molecule has 0 amide bonds. The van der Waals surface area contributed by atoms with Crippen molar-refractivity contribution in [2.75, 3.05) is 6.61 Å². The van der Waals surface area contributed by atoms with Crippen molar-refractivity contribution in [2.24, 2.45) is 5.41 Å². The number of ether oxygens (including phenoxy) is 1. The number of hydrogen-bond donors (Lipinski definition) is 0. The van der Waals surface area contributed by atoms with Crippen LogP contribution in [0.4, 0.5) is 0 Å². The van der Waals surface area contributed by atoms with Crippen LogP contribution in [0.5, 0.6) is 5.75 Å². The van der Waals surface area contributed by atoms with E-state index in [9.17, 15) is 0 Å². The van der Waals surface area contributed by atoms with Gasteiger partial charge in [0, 0.05) is 0 Å². The van der Waals surface area contributed by atoms with Gasteiger partial charge in [-0.2, -0.15) is 0 Å². The molecule has 0 aromatic heterocycles. The van der Waals surface area contributed by atoms with Crippen LogP contribution in [0.15, 0.2) is 48.5 Å². The fraction of sp³-hybridized carbons (Fsp3) is 0.455. The highest BCUT2D eigenvalue weighted by molar-refractivity contribution is 5.64. The van der Waals surface area contributed by atoms with Crippen molar-refractivity contribution >= 4 is 0 Å². The topological polar surface area (TPSA) is 9.23 Å². The van der Waals surface area contributed by atoms with Gasteiger partial charge in [0.2, 0.25) is 0 Å².